The minimum absolute atomic E-state index is 0.310. The van der Waals surface area contributed by atoms with E-state index >= 15 is 0 Å². The predicted octanol–water partition coefficient (Wildman–Crippen LogP) is 2.79. The maximum Gasteiger partial charge on any atom is 0.153 e. The van der Waals surface area contributed by atoms with E-state index in [4.69, 9.17) is 27.9 Å². The quantitative estimate of drug-likeness (QED) is 0.822. The molecule has 4 nitrogen and oxygen atoms in total. The largest absolute Gasteiger partial charge is 0.393 e. The Kier molecular flexibility index (Phi) is 4.43. The summed E-state index contributed by atoms with van der Waals surface area (Å²) in [5.41, 5.74) is 8.40. The molecule has 116 valence electrons. The Labute approximate surface area is 144 Å². The summed E-state index contributed by atoms with van der Waals surface area (Å²) in [4.78, 5) is 12.7. The Morgan fingerprint density at radius 2 is 1.91 bits per heavy atom. The highest BCUT2D eigenvalue weighted by Crippen LogP contribution is 2.33. The number of nitrogens with two attached hydrogens (primary N) is 1. The van der Waals surface area contributed by atoms with Gasteiger partial charge in [-0.3, -0.25) is 9.98 Å². The first kappa shape index (κ1) is 15.8. The molecule has 0 aliphatic carbocycles. The number of benzene rings is 1. The molecule has 0 bridgehead atoms. The molecule has 1 fully saturated rings. The minimum atomic E-state index is -0.310. The van der Waals surface area contributed by atoms with Crippen molar-refractivity contribution in [3.8, 4) is 0 Å². The number of piperidine rings is 1. The third-order valence-electron chi connectivity index (χ3n) is 4.18. The van der Waals surface area contributed by atoms with Gasteiger partial charge in [-0.25, -0.2) is 0 Å². The van der Waals surface area contributed by atoms with Crippen LogP contribution in [0.25, 0.3) is 0 Å². The molecule has 2 aliphatic rings. The third kappa shape index (κ3) is 3.29. The van der Waals surface area contributed by atoms with Crippen molar-refractivity contribution < 1.29 is 0 Å². The normalized spacial score (nSPS) is 20.8. The second kappa shape index (κ2) is 6.18. The summed E-state index contributed by atoms with van der Waals surface area (Å²) in [7, 11) is 2.14. The molecule has 0 unspecified atom stereocenters. The van der Waals surface area contributed by atoms with Crippen LogP contribution in [0.15, 0.2) is 38.7 Å². The third-order valence-corrected chi connectivity index (χ3v) is 4.86. The lowest BCUT2D eigenvalue weighted by atomic mass is 9.99. The van der Waals surface area contributed by atoms with Gasteiger partial charge in [0, 0.05) is 42.4 Å². The maximum absolute atomic E-state index is 5.76. The molecule has 2 aliphatic heterocycles. The van der Waals surface area contributed by atoms with Crippen molar-refractivity contribution in [3.05, 3.63) is 34.3 Å². The molecule has 0 amide bonds. The van der Waals surface area contributed by atoms with Crippen LogP contribution in [0.2, 0.25) is 0 Å². The average molecular weight is 379 g/mol. The SMILES string of the molecule is CN1CCC2(CC1)N=C(CC(N)=S)C(c1ccc(Br)cc1)=N2. The van der Waals surface area contributed by atoms with Gasteiger partial charge < -0.3 is 10.6 Å². The van der Waals surface area contributed by atoms with Crippen molar-refractivity contribution in [1.29, 1.82) is 0 Å². The summed E-state index contributed by atoms with van der Waals surface area (Å²) in [6.07, 6.45) is 2.41. The molecule has 0 radical (unpaired) electrons. The first-order valence-corrected chi connectivity index (χ1v) is 8.59. The number of hydrogen-bond acceptors (Lipinski definition) is 4. The van der Waals surface area contributed by atoms with Crippen LogP contribution in [0.3, 0.4) is 0 Å². The van der Waals surface area contributed by atoms with Crippen LogP contribution in [0.1, 0.15) is 24.8 Å². The number of halogens is 1. The molecule has 1 aromatic rings. The average Bonchev–Trinajstić information content (AvgIpc) is 2.81. The van der Waals surface area contributed by atoms with E-state index in [2.05, 4.69) is 40.0 Å². The molecule has 1 saturated heterocycles. The first-order valence-electron chi connectivity index (χ1n) is 7.39. The van der Waals surface area contributed by atoms with E-state index in [0.717, 1.165) is 47.4 Å². The van der Waals surface area contributed by atoms with E-state index in [1.807, 2.05) is 12.1 Å². The van der Waals surface area contributed by atoms with Crippen LogP contribution in [-0.4, -0.2) is 47.1 Å². The van der Waals surface area contributed by atoms with Crippen molar-refractivity contribution in [2.75, 3.05) is 20.1 Å². The Morgan fingerprint density at radius 1 is 1.27 bits per heavy atom. The number of aliphatic imine (C=N–C) groups is 2. The molecule has 3 rings (SSSR count). The number of hydrogen-bond donors (Lipinski definition) is 1. The van der Waals surface area contributed by atoms with Gasteiger partial charge in [0.15, 0.2) is 5.66 Å². The van der Waals surface area contributed by atoms with Crippen LogP contribution < -0.4 is 5.73 Å². The topological polar surface area (TPSA) is 54.0 Å². The Hall–Kier alpha value is -1.11. The first-order chi connectivity index (χ1) is 10.5. The predicted molar refractivity (Wildman–Crippen MR) is 99.0 cm³/mol. The fourth-order valence-corrected chi connectivity index (χ4v) is 3.33. The van der Waals surface area contributed by atoms with E-state index in [0.29, 0.717) is 11.4 Å². The van der Waals surface area contributed by atoms with Gasteiger partial charge in [-0.2, -0.15) is 0 Å². The van der Waals surface area contributed by atoms with E-state index in [-0.39, 0.29) is 5.66 Å². The second-order valence-electron chi connectivity index (χ2n) is 5.95. The standard InChI is InChI=1S/C16H19BrN4S/c1-21-8-6-16(7-9-21)19-13(10-14(18)22)15(20-16)11-2-4-12(17)5-3-11/h2-5H,6-10H2,1H3,(H2,18,22). The molecule has 6 heteroatoms. The molecule has 2 N–H and O–H groups in total. The Balaban J connectivity index is 1.96. The molecule has 1 aromatic carbocycles. The lowest BCUT2D eigenvalue weighted by molar-refractivity contribution is 0.200. The molecular formula is C16H19BrN4S. The van der Waals surface area contributed by atoms with Gasteiger partial charge in [0.25, 0.3) is 0 Å². The number of nitrogens with zero attached hydrogens (tertiary/aromatic N) is 3. The summed E-state index contributed by atoms with van der Waals surface area (Å²) in [6, 6.07) is 8.17. The summed E-state index contributed by atoms with van der Waals surface area (Å²) < 4.78 is 1.05. The molecular weight excluding hydrogens is 360 g/mol. The van der Waals surface area contributed by atoms with Crippen LogP contribution in [0.5, 0.6) is 0 Å². The zero-order valence-corrected chi connectivity index (χ0v) is 15.0. The summed E-state index contributed by atoms with van der Waals surface area (Å²) in [5.74, 6) is 0. The number of thiocarbonyl (C=S) groups is 1. The zero-order chi connectivity index (χ0) is 15.7. The molecule has 1 spiro atoms. The van der Waals surface area contributed by atoms with Crippen molar-refractivity contribution in [3.63, 3.8) is 0 Å². The Morgan fingerprint density at radius 3 is 2.50 bits per heavy atom. The summed E-state index contributed by atoms with van der Waals surface area (Å²) >= 11 is 8.56. The molecule has 0 atom stereocenters. The lowest BCUT2D eigenvalue weighted by Gasteiger charge is -2.33. The number of rotatable bonds is 3. The van der Waals surface area contributed by atoms with Gasteiger partial charge in [0.1, 0.15) is 0 Å². The molecule has 22 heavy (non-hydrogen) atoms. The highest BCUT2D eigenvalue weighted by Gasteiger charge is 2.38. The highest BCUT2D eigenvalue weighted by atomic mass is 79.9. The van der Waals surface area contributed by atoms with Gasteiger partial charge in [0.05, 0.1) is 16.4 Å². The molecule has 0 aromatic heterocycles. The molecule has 2 heterocycles. The van der Waals surface area contributed by atoms with E-state index in [9.17, 15) is 0 Å². The Bertz CT molecular complexity index is 643. The number of likely N-dealkylation sites (tertiary alicyclic amines) is 1. The van der Waals surface area contributed by atoms with E-state index in [1.165, 1.54) is 0 Å². The van der Waals surface area contributed by atoms with Crippen LogP contribution in [0, 0.1) is 0 Å². The summed E-state index contributed by atoms with van der Waals surface area (Å²) in [5, 5.41) is 0. The van der Waals surface area contributed by atoms with Gasteiger partial charge in [0.2, 0.25) is 0 Å². The van der Waals surface area contributed by atoms with Crippen molar-refractivity contribution in [2.24, 2.45) is 15.7 Å². The van der Waals surface area contributed by atoms with Crippen LogP contribution in [0.4, 0.5) is 0 Å². The monoisotopic (exact) mass is 378 g/mol. The highest BCUT2D eigenvalue weighted by molar-refractivity contribution is 9.10. The van der Waals surface area contributed by atoms with Gasteiger partial charge in [-0.15, -0.1) is 0 Å². The van der Waals surface area contributed by atoms with Crippen LogP contribution in [-0.2, 0) is 0 Å². The molecule has 0 saturated carbocycles. The second-order valence-corrected chi connectivity index (χ2v) is 7.39. The van der Waals surface area contributed by atoms with Crippen molar-refractivity contribution >= 4 is 44.6 Å². The minimum Gasteiger partial charge on any atom is -0.393 e. The summed E-state index contributed by atoms with van der Waals surface area (Å²) in [6.45, 7) is 2.03. The van der Waals surface area contributed by atoms with Gasteiger partial charge in [-0.05, 0) is 19.2 Å². The van der Waals surface area contributed by atoms with Gasteiger partial charge >= 0.3 is 0 Å². The maximum atomic E-state index is 5.76. The van der Waals surface area contributed by atoms with Crippen molar-refractivity contribution in [2.45, 2.75) is 24.9 Å². The lowest BCUT2D eigenvalue weighted by Crippen LogP contribution is -2.39. The fraction of sp³-hybridized carbons (Fsp3) is 0.438. The van der Waals surface area contributed by atoms with Crippen molar-refractivity contribution in [1.82, 2.24) is 4.90 Å². The van der Waals surface area contributed by atoms with E-state index < -0.39 is 0 Å². The fourth-order valence-electron chi connectivity index (χ4n) is 2.93. The zero-order valence-electron chi connectivity index (χ0n) is 12.6. The smallest absolute Gasteiger partial charge is 0.153 e. The van der Waals surface area contributed by atoms with Gasteiger partial charge in [-0.1, -0.05) is 40.3 Å². The van der Waals surface area contributed by atoms with Crippen LogP contribution >= 0.6 is 28.1 Å². The van der Waals surface area contributed by atoms with E-state index in [1.54, 1.807) is 0 Å².